The minimum atomic E-state index is -1.95. The van der Waals surface area contributed by atoms with Crippen LogP contribution in [-0.2, 0) is 107 Å². The monoisotopic (exact) mass is 1920 g/mol. The Bertz CT molecular complexity index is 5090. The summed E-state index contributed by atoms with van der Waals surface area (Å²) in [6.45, 7) is 8.77. The normalized spacial score (nSPS) is 26.7. The summed E-state index contributed by atoms with van der Waals surface area (Å²) in [4.78, 5) is 208. The van der Waals surface area contributed by atoms with E-state index in [1.807, 2.05) is 6.92 Å². The number of fused-ring (bicyclic) bond motifs is 6. The molecule has 1 unspecified atom stereocenters. The molecule has 38 nitrogen and oxygen atoms in total. The van der Waals surface area contributed by atoms with Gasteiger partial charge in [-0.3, -0.25) is 67.8 Å². The van der Waals surface area contributed by atoms with Crippen molar-refractivity contribution in [3.63, 3.8) is 0 Å². The van der Waals surface area contributed by atoms with E-state index in [1.54, 1.807) is 105 Å². The number of aromatic nitrogens is 1. The number of carbonyl (C=O) groups excluding carboxylic acids is 14. The predicted molar refractivity (Wildman–Crippen MR) is 497 cm³/mol. The van der Waals surface area contributed by atoms with Crippen LogP contribution in [0.5, 0.6) is 11.5 Å². The first-order chi connectivity index (χ1) is 63.2. The highest BCUT2D eigenvalue weighted by molar-refractivity contribution is 8.76. The molecule has 4 saturated heterocycles. The molecule has 5 aromatic rings. The minimum Gasteiger partial charge on any atom is -0.508 e. The fraction of sp³-hybridized carbons (Fsp3) is 0.516. The van der Waals surface area contributed by atoms with Gasteiger partial charge in [-0.25, -0.2) is 9.59 Å². The van der Waals surface area contributed by atoms with E-state index >= 15 is 9.59 Å². The number of phenolic OH excluding ortho intramolecular Hbond substituents is 1. The highest BCUT2D eigenvalue weighted by atomic mass is 35.5. The van der Waals surface area contributed by atoms with E-state index in [1.165, 1.54) is 78.3 Å². The Morgan fingerprint density at radius 2 is 1.48 bits per heavy atom. The van der Waals surface area contributed by atoms with Crippen molar-refractivity contribution in [2.75, 3.05) is 70.1 Å². The van der Waals surface area contributed by atoms with Crippen LogP contribution in [0, 0.1) is 5.92 Å². The SMILES string of the molecule is COc1cc2cc(c1Cl)N(C)C(=O)C[C@H](OC(=O)[C@H](C)N(C)C(=O)CCSC1CC(=O)N(CCCNC(=O)[C@@H](NC(=O)[C@@H]3CSSC[C@H](NC(=O)[C@H](N)Cc4ccccc4)C(=O)N[C@@H](Cc4ccc(O)cc4)C(=O)N[C@H](Cc4c[nH]c5ccccc45)C(=O)N[C@@H](CCCCN)C(=O)N[C@@H]([C@@H](C)O)C(=O)N3)[C@@H](C)O)C1=O)[C@]1(C)O[C@H]1[C@H](C)[C@@H]1C[C@@](O)(NC(=O)O1)[C@H](OC)/C=C/C=C(\C)C2. The van der Waals surface area contributed by atoms with Crippen molar-refractivity contribution in [2.24, 2.45) is 17.4 Å². The van der Waals surface area contributed by atoms with Crippen LogP contribution in [0.4, 0.5) is 10.5 Å². The van der Waals surface area contributed by atoms with E-state index in [9.17, 15) is 78.0 Å². The second-order valence-corrected chi connectivity index (χ2v) is 38.3. The Morgan fingerprint density at radius 1 is 0.805 bits per heavy atom. The number of aromatic amines is 1. The number of allylic oxidation sites excluding steroid dienone is 3. The van der Waals surface area contributed by atoms with Crippen LogP contribution in [0.2, 0.25) is 5.02 Å². The number of nitrogens with one attached hydrogen (secondary N) is 10. The number of para-hydroxylation sites is 1. The number of imide groups is 1. The number of benzene rings is 4. The Balaban J connectivity index is 0.790. The van der Waals surface area contributed by atoms with Gasteiger partial charge >= 0.3 is 12.1 Å². The van der Waals surface area contributed by atoms with Gasteiger partial charge in [-0.15, -0.1) is 11.8 Å². The average Bonchev–Trinajstić information content (AvgIpc) is 1.57. The summed E-state index contributed by atoms with van der Waals surface area (Å²) < 4.78 is 29.6. The fourth-order valence-corrected chi connectivity index (χ4v) is 19.8. The maximum atomic E-state index is 15.1. The highest BCUT2D eigenvalue weighted by Crippen LogP contribution is 2.50. The molecule has 0 radical (unpaired) electrons. The summed E-state index contributed by atoms with van der Waals surface area (Å²) in [5, 5.41) is 68.3. The van der Waals surface area contributed by atoms with Crippen LogP contribution in [0.1, 0.15) is 115 Å². The molecule has 133 heavy (non-hydrogen) atoms. The molecule has 0 saturated carbocycles. The van der Waals surface area contributed by atoms with Crippen LogP contribution in [0.3, 0.4) is 0 Å². The number of alkyl carbamates (subject to hydrolysis) is 1. The minimum absolute atomic E-state index is 0.00555. The number of aromatic hydroxyl groups is 1. The molecule has 18 N–H and O–H groups in total. The number of hydrogen-bond donors (Lipinski definition) is 16. The molecule has 42 heteroatoms. The second kappa shape index (κ2) is 47.9. The molecule has 0 spiro atoms. The van der Waals surface area contributed by atoms with E-state index < -0.39 is 209 Å². The number of anilines is 1. The number of methoxy groups -OCH3 is 2. The summed E-state index contributed by atoms with van der Waals surface area (Å²) in [7, 11) is 7.49. The number of unbranched alkanes of at least 4 members (excludes halogenated alkanes) is 1. The number of phenols is 1. The molecule has 5 aliphatic rings. The molecular weight excluding hydrogens is 1800 g/mol. The number of hydrogen-bond acceptors (Lipinski definition) is 28. The number of halogens is 1. The van der Waals surface area contributed by atoms with Gasteiger partial charge in [0.15, 0.2) is 5.72 Å². The lowest BCUT2D eigenvalue weighted by Gasteiger charge is -2.42. The zero-order chi connectivity index (χ0) is 96.9. The first-order valence-electron chi connectivity index (χ1n) is 43.9. The first kappa shape index (κ1) is 104. The number of nitrogens with zero attached hydrogens (tertiary/aromatic N) is 3. The van der Waals surface area contributed by atoms with Crippen LogP contribution >= 0.6 is 45.0 Å². The molecule has 1 aromatic heterocycles. The van der Waals surface area contributed by atoms with Crippen LogP contribution in [0.15, 0.2) is 121 Å². The molecule has 6 heterocycles. The van der Waals surface area contributed by atoms with Gasteiger partial charge in [0.2, 0.25) is 70.9 Å². The summed E-state index contributed by atoms with van der Waals surface area (Å²) in [5.41, 5.74) is 13.2. The number of aliphatic hydroxyl groups is 3. The van der Waals surface area contributed by atoms with Gasteiger partial charge in [-0.1, -0.05) is 125 Å². The third-order valence-corrected chi connectivity index (χ3v) is 28.1. The van der Waals surface area contributed by atoms with Crippen LogP contribution in [-0.4, -0.2) is 291 Å². The zero-order valence-electron chi connectivity index (χ0n) is 75.7. The van der Waals surface area contributed by atoms with Crippen molar-refractivity contribution in [3.05, 3.63) is 148 Å². The Morgan fingerprint density at radius 3 is 2.17 bits per heavy atom. The topological polar surface area (TPSA) is 555 Å². The van der Waals surface area contributed by atoms with Gasteiger partial charge in [0.05, 0.1) is 48.8 Å². The van der Waals surface area contributed by atoms with Gasteiger partial charge < -0.3 is 113 Å². The highest BCUT2D eigenvalue weighted by Gasteiger charge is 2.65. The zero-order valence-corrected chi connectivity index (χ0v) is 78.9. The first-order valence-corrected chi connectivity index (χ1v) is 47.8. The molecule has 0 aliphatic carbocycles. The number of epoxide rings is 1. The van der Waals surface area contributed by atoms with Crippen molar-refractivity contribution < 1.29 is 111 Å². The summed E-state index contributed by atoms with van der Waals surface area (Å²) in [5.74, 6) is -12.1. The summed E-state index contributed by atoms with van der Waals surface area (Å²) >= 11 is 7.91. The number of aliphatic hydroxyl groups excluding tert-OH is 2. The lowest BCUT2D eigenvalue weighted by Crippen LogP contribution is -2.63. The van der Waals surface area contributed by atoms with Crippen molar-refractivity contribution in [1.82, 2.24) is 62.6 Å². The number of carbonyl (C=O) groups is 14. The van der Waals surface area contributed by atoms with Crippen molar-refractivity contribution in [2.45, 2.75) is 226 Å². The Hall–Kier alpha value is -10.9. The maximum absolute atomic E-state index is 15.1. The number of amides is 13. The molecule has 4 aromatic carbocycles. The Labute approximate surface area is 787 Å². The summed E-state index contributed by atoms with van der Waals surface area (Å²) in [6, 6.07) is 11.4. The molecule has 5 aliphatic heterocycles. The summed E-state index contributed by atoms with van der Waals surface area (Å²) in [6.07, 6.45) is -2.38. The third kappa shape index (κ3) is 27.7. The largest absolute Gasteiger partial charge is 0.508 e. The maximum Gasteiger partial charge on any atom is 0.409 e. The number of nitrogens with two attached hydrogens (primary N) is 2. The predicted octanol–water partition coefficient (Wildman–Crippen LogP) is 2.19. The van der Waals surface area contributed by atoms with Gasteiger partial charge in [0, 0.05) is 107 Å². The van der Waals surface area contributed by atoms with E-state index in [4.69, 9.17) is 46.8 Å². The van der Waals surface area contributed by atoms with Crippen molar-refractivity contribution >= 4 is 144 Å². The number of H-pyrrole nitrogens is 1. The van der Waals surface area contributed by atoms with Gasteiger partial charge in [0.25, 0.3) is 0 Å². The van der Waals surface area contributed by atoms with Crippen LogP contribution < -0.4 is 69.0 Å². The standard InChI is InChI=1S/C91H120ClN15O23S3/c1-48-20-18-26-70(127-10)91(125)44-68(128-89(124)104-91)49(2)78-90(6,130-78)71(43-73(112)106(8)66-39-55(36-48)40-67(126-9)75(66)92)129-88(123)50(3)105(7)72(111)31-35-131-69-42-74(113)107(87(69)122)34-19-33-95-85(120)76(51(4)108)102-84(119)65-47-133-132-46-64(100-79(114)59(94)37-53-21-12-11-13-22-53)83(118)98-62(38-54-27-29-57(110)30-28-54)81(116)99-63(41-56-45-96-60-24-15-14-23-58(56)60)82(117)97-61(25-16-17-32-93)80(115)103-77(52(5)109)86(121)101-65/h11-15,18,20-24,26-30,39-40,45,49-52,59,61-65,68-71,76-78,96,108-110,125H,16-17,19,25,31-38,41-44,46-47,93-94H2,1-10H3,(H,95,120)(H,97,117)(H,98,118)(H,99,116)(H,100,114)(H,101,121)(H,102,119)(H,103,115)(H,104,124)/b26-18+,48-20+/t49-,50+,51-,52-,59-,61+,62+,63-,64+,65+,68+,69?,70-,71+,76+,77+,78+,90+,91+/m1/s1. The molecule has 10 rings (SSSR count). The molecule has 722 valence electrons. The molecule has 4 fully saturated rings. The Kier molecular flexibility index (Phi) is 37.5. The van der Waals surface area contributed by atoms with Gasteiger partial charge in [-0.2, -0.15) is 0 Å². The number of esters is 1. The number of likely N-dealkylation sites (N-methyl/N-ethyl adjacent to an activating group) is 1. The number of rotatable bonds is 30. The second-order valence-electron chi connectivity index (χ2n) is 34.1. The number of thioether (sulfide) groups is 1. The number of ether oxygens (including phenoxy) is 5. The van der Waals surface area contributed by atoms with E-state index in [0.717, 1.165) is 48.7 Å². The fourth-order valence-electron chi connectivity index (χ4n) is 16.1. The third-order valence-electron chi connectivity index (χ3n) is 24.1. The van der Waals surface area contributed by atoms with Gasteiger partial charge in [0.1, 0.15) is 88.8 Å². The molecule has 19 atom stereocenters. The average molecular weight is 1920 g/mol. The number of likely N-dealkylation sites (tertiary alicyclic amines) is 1. The van der Waals surface area contributed by atoms with E-state index in [-0.39, 0.29) is 111 Å². The van der Waals surface area contributed by atoms with Crippen molar-refractivity contribution in [3.8, 4) is 11.5 Å². The molecular formula is C91H120ClN15O23S3. The van der Waals surface area contributed by atoms with Crippen molar-refractivity contribution in [1.29, 1.82) is 0 Å². The lowest BCUT2D eigenvalue weighted by molar-refractivity contribution is -0.162. The van der Waals surface area contributed by atoms with Gasteiger partial charge in [-0.05, 0) is 132 Å². The molecule has 13 amide bonds. The quantitative estimate of drug-likeness (QED) is 0.0103. The lowest BCUT2D eigenvalue weighted by atomic mass is 9.83. The smallest absolute Gasteiger partial charge is 0.409 e. The van der Waals surface area contributed by atoms with Crippen LogP contribution in [0.25, 0.3) is 10.9 Å². The van der Waals surface area contributed by atoms with E-state index in [0.29, 0.717) is 46.0 Å². The van der Waals surface area contributed by atoms with E-state index in [2.05, 4.69) is 52.8 Å². The molecule has 4 bridgehead atoms.